The van der Waals surface area contributed by atoms with Gasteiger partial charge in [-0.2, -0.15) is 0 Å². The van der Waals surface area contributed by atoms with E-state index < -0.39 is 6.09 Å². The number of amides is 2. The molecule has 0 aromatic rings. The third-order valence-electron chi connectivity index (χ3n) is 2.61. The van der Waals surface area contributed by atoms with Crippen LogP contribution in [-0.2, 0) is 9.53 Å². The van der Waals surface area contributed by atoms with Crippen LogP contribution in [0.25, 0.3) is 0 Å². The van der Waals surface area contributed by atoms with Crippen molar-refractivity contribution in [2.24, 2.45) is 0 Å². The number of carbonyl (C=O) groups is 2. The summed E-state index contributed by atoms with van der Waals surface area (Å²) in [6.07, 6.45) is -0.928. The highest BCUT2D eigenvalue weighted by Crippen LogP contribution is 2.14. The SMILES string of the molecule is O=C(O)N1CCN2C(=O)COC[C@@H]2C1. The third kappa shape index (κ3) is 1.52. The Morgan fingerprint density at radius 1 is 1.50 bits per heavy atom. The van der Waals surface area contributed by atoms with Gasteiger partial charge >= 0.3 is 6.09 Å². The smallest absolute Gasteiger partial charge is 0.407 e. The van der Waals surface area contributed by atoms with Crippen LogP contribution < -0.4 is 0 Å². The van der Waals surface area contributed by atoms with Crippen molar-refractivity contribution in [1.29, 1.82) is 0 Å². The molecule has 78 valence electrons. The van der Waals surface area contributed by atoms with Gasteiger partial charge in [-0.1, -0.05) is 0 Å². The molecule has 0 radical (unpaired) electrons. The monoisotopic (exact) mass is 200 g/mol. The topological polar surface area (TPSA) is 70.1 Å². The zero-order valence-corrected chi connectivity index (χ0v) is 7.68. The minimum Gasteiger partial charge on any atom is -0.465 e. The highest BCUT2D eigenvalue weighted by atomic mass is 16.5. The first kappa shape index (κ1) is 9.26. The van der Waals surface area contributed by atoms with Crippen molar-refractivity contribution in [2.75, 3.05) is 32.8 Å². The van der Waals surface area contributed by atoms with Gasteiger partial charge in [-0.15, -0.1) is 0 Å². The number of hydrogen-bond acceptors (Lipinski definition) is 3. The van der Waals surface area contributed by atoms with Crippen molar-refractivity contribution >= 4 is 12.0 Å². The van der Waals surface area contributed by atoms with Crippen LogP contribution in [0.15, 0.2) is 0 Å². The van der Waals surface area contributed by atoms with Gasteiger partial charge in [-0.3, -0.25) is 4.79 Å². The predicted octanol–water partition coefficient (Wildman–Crippen LogP) is -0.793. The summed E-state index contributed by atoms with van der Waals surface area (Å²) >= 11 is 0. The van der Waals surface area contributed by atoms with Crippen molar-refractivity contribution in [3.63, 3.8) is 0 Å². The lowest BCUT2D eigenvalue weighted by atomic mass is 10.1. The number of carbonyl (C=O) groups excluding carboxylic acids is 1. The molecule has 6 heteroatoms. The molecule has 2 saturated heterocycles. The average molecular weight is 200 g/mol. The number of carboxylic acid groups (broad SMARTS) is 1. The van der Waals surface area contributed by atoms with E-state index in [0.29, 0.717) is 26.2 Å². The molecular weight excluding hydrogens is 188 g/mol. The van der Waals surface area contributed by atoms with Gasteiger partial charge in [0.2, 0.25) is 5.91 Å². The van der Waals surface area contributed by atoms with Gasteiger partial charge in [0, 0.05) is 19.6 Å². The molecule has 1 atom stereocenters. The highest BCUT2D eigenvalue weighted by Gasteiger charge is 2.35. The zero-order valence-electron chi connectivity index (χ0n) is 7.68. The van der Waals surface area contributed by atoms with Crippen LogP contribution >= 0.6 is 0 Å². The first-order valence-corrected chi connectivity index (χ1v) is 4.53. The van der Waals surface area contributed by atoms with E-state index in [2.05, 4.69) is 0 Å². The van der Waals surface area contributed by atoms with E-state index in [9.17, 15) is 9.59 Å². The largest absolute Gasteiger partial charge is 0.465 e. The fraction of sp³-hybridized carbons (Fsp3) is 0.750. The Morgan fingerprint density at radius 3 is 3.00 bits per heavy atom. The van der Waals surface area contributed by atoms with Crippen molar-refractivity contribution in [3.8, 4) is 0 Å². The molecule has 0 saturated carbocycles. The zero-order chi connectivity index (χ0) is 10.1. The molecule has 0 spiro atoms. The molecule has 0 aliphatic carbocycles. The second kappa shape index (κ2) is 3.45. The summed E-state index contributed by atoms with van der Waals surface area (Å²) in [7, 11) is 0. The molecule has 14 heavy (non-hydrogen) atoms. The van der Waals surface area contributed by atoms with Gasteiger partial charge in [0.15, 0.2) is 0 Å². The molecule has 0 bridgehead atoms. The summed E-state index contributed by atoms with van der Waals surface area (Å²) in [4.78, 5) is 25.1. The van der Waals surface area contributed by atoms with Crippen LogP contribution in [0.2, 0.25) is 0 Å². The minimum absolute atomic E-state index is 0.0358. The number of morpholine rings is 1. The van der Waals surface area contributed by atoms with E-state index in [-0.39, 0.29) is 18.6 Å². The second-order valence-corrected chi connectivity index (χ2v) is 3.48. The van der Waals surface area contributed by atoms with Crippen LogP contribution in [0.5, 0.6) is 0 Å². The summed E-state index contributed by atoms with van der Waals surface area (Å²) in [5, 5.41) is 8.78. The fourth-order valence-electron chi connectivity index (χ4n) is 1.87. The fourth-order valence-corrected chi connectivity index (χ4v) is 1.87. The summed E-state index contributed by atoms with van der Waals surface area (Å²) < 4.78 is 5.07. The first-order valence-electron chi connectivity index (χ1n) is 4.53. The lowest BCUT2D eigenvalue weighted by Gasteiger charge is -2.42. The van der Waals surface area contributed by atoms with Crippen LogP contribution in [0.4, 0.5) is 4.79 Å². The molecule has 2 fully saturated rings. The van der Waals surface area contributed by atoms with Crippen LogP contribution in [0, 0.1) is 0 Å². The van der Waals surface area contributed by atoms with Crippen molar-refractivity contribution in [2.45, 2.75) is 6.04 Å². The standard InChI is InChI=1S/C8H12N2O4/c11-7-5-14-4-6-3-9(8(12)13)1-2-10(6)7/h6H,1-5H2,(H,12,13)/t6-/m0/s1. The number of piperazine rings is 1. The van der Waals surface area contributed by atoms with Crippen molar-refractivity contribution < 1.29 is 19.4 Å². The van der Waals surface area contributed by atoms with E-state index in [1.54, 1.807) is 4.90 Å². The Labute approximate surface area is 81.0 Å². The maximum absolute atomic E-state index is 11.3. The normalized spacial score (nSPS) is 27.4. The summed E-state index contributed by atoms with van der Waals surface area (Å²) in [5.74, 6) is -0.0358. The first-order chi connectivity index (χ1) is 6.68. The van der Waals surface area contributed by atoms with E-state index in [4.69, 9.17) is 9.84 Å². The molecule has 2 aliphatic heterocycles. The summed E-state index contributed by atoms with van der Waals surface area (Å²) in [6, 6.07) is -0.0962. The lowest BCUT2D eigenvalue weighted by molar-refractivity contribution is -0.151. The number of nitrogens with zero attached hydrogens (tertiary/aromatic N) is 2. The Kier molecular flexibility index (Phi) is 2.28. The third-order valence-corrected chi connectivity index (χ3v) is 2.61. The number of hydrogen-bond donors (Lipinski definition) is 1. The Morgan fingerprint density at radius 2 is 2.29 bits per heavy atom. The van der Waals surface area contributed by atoms with Gasteiger partial charge in [-0.05, 0) is 0 Å². The molecule has 0 aromatic carbocycles. The minimum atomic E-state index is -0.928. The Balaban J connectivity index is 2.03. The number of rotatable bonds is 0. The maximum Gasteiger partial charge on any atom is 0.407 e. The van der Waals surface area contributed by atoms with Crippen LogP contribution in [0.3, 0.4) is 0 Å². The maximum atomic E-state index is 11.3. The quantitative estimate of drug-likeness (QED) is 0.556. The molecule has 2 aliphatic rings. The molecule has 1 N–H and O–H groups in total. The molecular formula is C8H12N2O4. The van der Waals surface area contributed by atoms with Crippen molar-refractivity contribution in [1.82, 2.24) is 9.80 Å². The number of ether oxygens (including phenoxy) is 1. The summed E-state index contributed by atoms with van der Waals surface area (Å²) in [5.41, 5.74) is 0. The van der Waals surface area contributed by atoms with Gasteiger partial charge in [0.25, 0.3) is 0 Å². The van der Waals surface area contributed by atoms with Gasteiger partial charge in [0.1, 0.15) is 6.61 Å². The summed E-state index contributed by atoms with van der Waals surface area (Å²) in [6.45, 7) is 1.82. The Bertz CT molecular complexity index is 268. The van der Waals surface area contributed by atoms with Crippen LogP contribution in [0.1, 0.15) is 0 Å². The predicted molar refractivity (Wildman–Crippen MR) is 45.9 cm³/mol. The van der Waals surface area contributed by atoms with Crippen LogP contribution in [-0.4, -0.2) is 65.8 Å². The highest BCUT2D eigenvalue weighted by molar-refractivity contribution is 5.79. The lowest BCUT2D eigenvalue weighted by Crippen LogP contribution is -2.61. The Hall–Kier alpha value is -1.30. The molecule has 6 nitrogen and oxygen atoms in total. The van der Waals surface area contributed by atoms with Gasteiger partial charge in [0.05, 0.1) is 12.6 Å². The molecule has 2 heterocycles. The second-order valence-electron chi connectivity index (χ2n) is 3.48. The van der Waals surface area contributed by atoms with E-state index in [1.165, 1.54) is 4.90 Å². The van der Waals surface area contributed by atoms with Crippen molar-refractivity contribution in [3.05, 3.63) is 0 Å². The van der Waals surface area contributed by atoms with E-state index in [1.807, 2.05) is 0 Å². The molecule has 2 rings (SSSR count). The van der Waals surface area contributed by atoms with Gasteiger partial charge < -0.3 is 19.6 Å². The molecule has 0 unspecified atom stereocenters. The average Bonchev–Trinajstić information content (AvgIpc) is 2.17. The van der Waals surface area contributed by atoms with E-state index in [0.717, 1.165) is 0 Å². The number of fused-ring (bicyclic) bond motifs is 1. The molecule has 2 amide bonds. The molecule has 0 aromatic heterocycles. The van der Waals surface area contributed by atoms with E-state index >= 15 is 0 Å². The van der Waals surface area contributed by atoms with Gasteiger partial charge in [-0.25, -0.2) is 4.79 Å².